The van der Waals surface area contributed by atoms with Gasteiger partial charge in [0.1, 0.15) is 11.5 Å². The van der Waals surface area contributed by atoms with Crippen molar-refractivity contribution in [3.05, 3.63) is 90.1 Å². The van der Waals surface area contributed by atoms with Crippen molar-refractivity contribution in [1.29, 1.82) is 0 Å². The van der Waals surface area contributed by atoms with Crippen LogP contribution in [0.1, 0.15) is 17.0 Å². The Bertz CT molecular complexity index is 1860. The van der Waals surface area contributed by atoms with Gasteiger partial charge in [-0.15, -0.1) is 0 Å². The van der Waals surface area contributed by atoms with Crippen molar-refractivity contribution >= 4 is 32.0 Å². The fourth-order valence-electron chi connectivity index (χ4n) is 4.92. The van der Waals surface area contributed by atoms with Crippen LogP contribution in [0.4, 0.5) is 0 Å². The highest BCUT2D eigenvalue weighted by Crippen LogP contribution is 2.40. The first-order valence-corrected chi connectivity index (χ1v) is 13.3. The van der Waals surface area contributed by atoms with E-state index in [1.165, 1.54) is 3.97 Å². The molecule has 0 fully saturated rings. The van der Waals surface area contributed by atoms with Gasteiger partial charge in [-0.25, -0.2) is 17.4 Å². The number of rotatable bonds is 6. The molecule has 37 heavy (non-hydrogen) atoms. The van der Waals surface area contributed by atoms with Gasteiger partial charge in [-0.3, -0.25) is 0 Å². The average molecular weight is 513 g/mol. The largest absolute Gasteiger partial charge is 0.497 e. The fraction of sp³-hybridized carbons (Fsp3) is 0.143. The van der Waals surface area contributed by atoms with E-state index in [0.29, 0.717) is 33.8 Å². The van der Waals surface area contributed by atoms with Crippen LogP contribution in [0, 0.1) is 13.8 Å². The molecule has 0 saturated heterocycles. The van der Waals surface area contributed by atoms with Gasteiger partial charge >= 0.3 is 0 Å². The third-order valence-corrected chi connectivity index (χ3v) is 8.22. The van der Waals surface area contributed by atoms with Gasteiger partial charge in [0, 0.05) is 39.8 Å². The summed E-state index contributed by atoms with van der Waals surface area (Å²) in [5.74, 6) is 1.16. The van der Waals surface area contributed by atoms with Gasteiger partial charge in [-0.1, -0.05) is 35.5 Å². The fourth-order valence-corrected chi connectivity index (χ4v) is 6.52. The van der Waals surface area contributed by atoms with E-state index >= 15 is 0 Å². The third-order valence-electron chi connectivity index (χ3n) is 6.60. The van der Waals surface area contributed by atoms with Gasteiger partial charge < -0.3 is 14.2 Å². The zero-order chi connectivity index (χ0) is 25.7. The molecule has 8 nitrogen and oxygen atoms in total. The number of benzene rings is 2. The highest BCUT2D eigenvalue weighted by molar-refractivity contribution is 7.89. The molecular formula is C28H24N4O4S. The van der Waals surface area contributed by atoms with Crippen LogP contribution in [-0.4, -0.2) is 34.6 Å². The van der Waals surface area contributed by atoms with Gasteiger partial charge in [0.05, 0.1) is 24.3 Å². The zero-order valence-electron chi connectivity index (χ0n) is 20.5. The standard InChI is InChI=1S/C28H24N4O4S/c1-17-27(18(2)36-31-17)21-11-12-29-28-23(21)14-26(24-15-30-25-10-9-20(35-3)13-22(24)25)32(28)37(33,34)16-19-7-5-4-6-8-19/h4-15,30H,16H2,1-3H3. The number of aromatic amines is 1. The molecule has 0 bridgehead atoms. The highest BCUT2D eigenvalue weighted by Gasteiger charge is 2.27. The monoisotopic (exact) mass is 512 g/mol. The second-order valence-electron chi connectivity index (χ2n) is 8.94. The number of H-pyrrole nitrogens is 1. The van der Waals surface area contributed by atoms with Crippen molar-refractivity contribution in [3.8, 4) is 28.1 Å². The maximum Gasteiger partial charge on any atom is 0.244 e. The number of hydrogen-bond acceptors (Lipinski definition) is 6. The van der Waals surface area contributed by atoms with E-state index in [-0.39, 0.29) is 5.75 Å². The zero-order valence-corrected chi connectivity index (χ0v) is 21.3. The summed E-state index contributed by atoms with van der Waals surface area (Å²) in [4.78, 5) is 7.82. The van der Waals surface area contributed by atoms with Crippen LogP contribution in [0.15, 0.2) is 77.6 Å². The molecule has 186 valence electrons. The molecule has 0 amide bonds. The number of ether oxygens (including phenoxy) is 1. The minimum absolute atomic E-state index is 0.173. The van der Waals surface area contributed by atoms with Crippen molar-refractivity contribution in [2.24, 2.45) is 0 Å². The molecule has 1 N–H and O–H groups in total. The summed E-state index contributed by atoms with van der Waals surface area (Å²) in [6, 6.07) is 18.6. The van der Waals surface area contributed by atoms with Gasteiger partial charge in [-0.2, -0.15) is 0 Å². The lowest BCUT2D eigenvalue weighted by Gasteiger charge is -2.12. The van der Waals surface area contributed by atoms with E-state index < -0.39 is 10.0 Å². The van der Waals surface area contributed by atoms with Crippen LogP contribution < -0.4 is 4.74 Å². The maximum atomic E-state index is 14.0. The molecule has 0 unspecified atom stereocenters. The molecule has 4 heterocycles. The second kappa shape index (κ2) is 8.63. The molecule has 0 saturated carbocycles. The van der Waals surface area contributed by atoms with E-state index in [2.05, 4.69) is 15.1 Å². The maximum absolute atomic E-state index is 14.0. The summed E-state index contributed by atoms with van der Waals surface area (Å²) in [5, 5.41) is 5.64. The Balaban J connectivity index is 1.67. The van der Waals surface area contributed by atoms with E-state index in [0.717, 1.165) is 33.3 Å². The number of nitrogens with zero attached hydrogens (tertiary/aromatic N) is 3. The average Bonchev–Trinajstić information content (AvgIpc) is 3.58. The Labute approximate surface area is 213 Å². The SMILES string of the molecule is COc1ccc2[nH]cc(-c3cc4c(-c5c(C)noc5C)ccnc4n3S(=O)(=O)Cc3ccccc3)c2c1. The van der Waals surface area contributed by atoms with Crippen LogP contribution in [0.2, 0.25) is 0 Å². The number of hydrogen-bond donors (Lipinski definition) is 1. The van der Waals surface area contributed by atoms with Crippen molar-refractivity contribution < 1.29 is 17.7 Å². The predicted molar refractivity (Wildman–Crippen MR) is 143 cm³/mol. The Hall–Kier alpha value is -4.37. The van der Waals surface area contributed by atoms with Gasteiger partial charge in [0.15, 0.2) is 5.65 Å². The van der Waals surface area contributed by atoms with Gasteiger partial charge in [0.25, 0.3) is 0 Å². The molecule has 4 aromatic heterocycles. The smallest absolute Gasteiger partial charge is 0.244 e. The summed E-state index contributed by atoms with van der Waals surface area (Å²) in [5.41, 5.74) is 5.52. The Morgan fingerprint density at radius 1 is 1.00 bits per heavy atom. The normalized spacial score (nSPS) is 12.0. The Morgan fingerprint density at radius 2 is 1.81 bits per heavy atom. The van der Waals surface area contributed by atoms with E-state index in [1.807, 2.05) is 80.7 Å². The Morgan fingerprint density at radius 3 is 2.54 bits per heavy atom. The second-order valence-corrected chi connectivity index (χ2v) is 10.8. The first-order chi connectivity index (χ1) is 17.9. The number of fused-ring (bicyclic) bond motifs is 2. The van der Waals surface area contributed by atoms with Crippen LogP contribution in [0.5, 0.6) is 5.75 Å². The molecular weight excluding hydrogens is 488 g/mol. The van der Waals surface area contributed by atoms with Crippen LogP contribution in [0.25, 0.3) is 44.3 Å². The minimum atomic E-state index is -3.87. The molecule has 0 aliphatic carbocycles. The van der Waals surface area contributed by atoms with Crippen LogP contribution in [-0.2, 0) is 15.8 Å². The number of pyridine rings is 1. The quantitative estimate of drug-likeness (QED) is 0.301. The summed E-state index contributed by atoms with van der Waals surface area (Å²) >= 11 is 0. The van der Waals surface area contributed by atoms with Crippen molar-refractivity contribution in [2.45, 2.75) is 19.6 Å². The lowest BCUT2D eigenvalue weighted by Crippen LogP contribution is -2.16. The van der Waals surface area contributed by atoms with Gasteiger partial charge in [0.2, 0.25) is 10.0 Å². The van der Waals surface area contributed by atoms with Gasteiger partial charge in [-0.05, 0) is 55.3 Å². The summed E-state index contributed by atoms with van der Waals surface area (Å²) in [7, 11) is -2.27. The molecule has 2 aromatic carbocycles. The molecule has 0 spiro atoms. The van der Waals surface area contributed by atoms with Crippen molar-refractivity contribution in [1.82, 2.24) is 19.1 Å². The first kappa shape index (κ1) is 23.1. The van der Waals surface area contributed by atoms with E-state index in [4.69, 9.17) is 9.26 Å². The number of methoxy groups -OCH3 is 1. The predicted octanol–water partition coefficient (Wildman–Crippen LogP) is 5.84. The Kier molecular flexibility index (Phi) is 5.38. The lowest BCUT2D eigenvalue weighted by molar-refractivity contribution is 0.393. The molecule has 9 heteroatoms. The van der Waals surface area contributed by atoms with Crippen LogP contribution in [0.3, 0.4) is 0 Å². The van der Waals surface area contributed by atoms with E-state index in [9.17, 15) is 8.42 Å². The lowest BCUT2D eigenvalue weighted by atomic mass is 10.0. The molecule has 0 aliphatic heterocycles. The summed E-state index contributed by atoms with van der Waals surface area (Å²) in [6.07, 6.45) is 3.45. The summed E-state index contributed by atoms with van der Waals surface area (Å²) < 4.78 is 40.3. The number of aryl methyl sites for hydroxylation is 2. The molecule has 0 atom stereocenters. The van der Waals surface area contributed by atoms with E-state index in [1.54, 1.807) is 13.3 Å². The summed E-state index contributed by atoms with van der Waals surface area (Å²) in [6.45, 7) is 3.71. The third kappa shape index (κ3) is 3.79. The van der Waals surface area contributed by atoms with Crippen molar-refractivity contribution in [2.75, 3.05) is 7.11 Å². The molecule has 6 rings (SSSR count). The topological polar surface area (TPSA) is 103 Å². The molecule has 0 radical (unpaired) electrons. The first-order valence-electron chi connectivity index (χ1n) is 11.7. The van der Waals surface area contributed by atoms with Crippen molar-refractivity contribution in [3.63, 3.8) is 0 Å². The number of nitrogens with one attached hydrogen (secondary N) is 1. The van der Waals surface area contributed by atoms with Crippen LogP contribution >= 0.6 is 0 Å². The molecule has 6 aromatic rings. The molecule has 0 aliphatic rings. The highest BCUT2D eigenvalue weighted by atomic mass is 32.2. The minimum Gasteiger partial charge on any atom is -0.497 e. The number of aromatic nitrogens is 4.